The second kappa shape index (κ2) is 9.20. The number of methoxy groups -OCH3 is 2. The maximum atomic E-state index is 13.1. The summed E-state index contributed by atoms with van der Waals surface area (Å²) in [6.45, 7) is 0.773. The van der Waals surface area contributed by atoms with E-state index < -0.39 is 10.0 Å². The van der Waals surface area contributed by atoms with Crippen LogP contribution in [0.4, 0.5) is 4.39 Å². The third kappa shape index (κ3) is 4.55. The molecule has 11 heteroatoms. The van der Waals surface area contributed by atoms with E-state index in [1.807, 2.05) is 0 Å². The first kappa shape index (κ1) is 22.7. The summed E-state index contributed by atoms with van der Waals surface area (Å²) in [6.07, 6.45) is 0. The van der Waals surface area contributed by atoms with Gasteiger partial charge in [0.2, 0.25) is 10.0 Å². The Morgan fingerprint density at radius 3 is 2.27 bits per heavy atom. The molecule has 2 heterocycles. The van der Waals surface area contributed by atoms with Crippen LogP contribution in [-0.2, 0) is 10.0 Å². The molecule has 1 aromatic heterocycles. The number of rotatable bonds is 6. The first-order valence-corrected chi connectivity index (χ1v) is 11.6. The van der Waals surface area contributed by atoms with Crippen molar-refractivity contribution in [1.82, 2.24) is 19.4 Å². The van der Waals surface area contributed by atoms with E-state index in [-0.39, 0.29) is 48.5 Å². The summed E-state index contributed by atoms with van der Waals surface area (Å²) < 4.78 is 51.0. The number of hydrogen-bond donors (Lipinski definition) is 1. The minimum Gasteiger partial charge on any atom is -0.493 e. The van der Waals surface area contributed by atoms with E-state index in [1.54, 1.807) is 29.2 Å². The van der Waals surface area contributed by atoms with Gasteiger partial charge in [0.15, 0.2) is 11.5 Å². The monoisotopic (exact) mass is 474 g/mol. The SMILES string of the molecule is COc1ccc(S(=O)(=O)N2CCN(C(=O)c3cc(-c4ccc(F)cc4)n[nH]3)CC2)cc1OC. The van der Waals surface area contributed by atoms with Crippen LogP contribution in [0.15, 0.2) is 53.4 Å². The van der Waals surface area contributed by atoms with Gasteiger partial charge in [-0.2, -0.15) is 9.40 Å². The van der Waals surface area contributed by atoms with Gasteiger partial charge in [-0.25, -0.2) is 12.8 Å². The van der Waals surface area contributed by atoms with Crippen LogP contribution in [0.2, 0.25) is 0 Å². The number of carbonyl (C=O) groups is 1. The molecule has 0 spiro atoms. The molecule has 0 aliphatic carbocycles. The van der Waals surface area contributed by atoms with E-state index in [0.717, 1.165) is 0 Å². The van der Waals surface area contributed by atoms with Gasteiger partial charge >= 0.3 is 0 Å². The van der Waals surface area contributed by atoms with Crippen molar-refractivity contribution < 1.29 is 27.1 Å². The number of nitrogens with one attached hydrogen (secondary N) is 1. The molecular weight excluding hydrogens is 451 g/mol. The van der Waals surface area contributed by atoms with Gasteiger partial charge in [-0.15, -0.1) is 0 Å². The smallest absolute Gasteiger partial charge is 0.271 e. The number of amides is 1. The summed E-state index contributed by atoms with van der Waals surface area (Å²) in [5.74, 6) is 0.126. The fraction of sp³-hybridized carbons (Fsp3) is 0.273. The van der Waals surface area contributed by atoms with Crippen molar-refractivity contribution in [2.45, 2.75) is 4.90 Å². The number of nitrogens with zero attached hydrogens (tertiary/aromatic N) is 3. The van der Waals surface area contributed by atoms with Crippen molar-refractivity contribution in [3.8, 4) is 22.8 Å². The van der Waals surface area contributed by atoms with Gasteiger partial charge in [0, 0.05) is 37.8 Å². The molecule has 1 fully saturated rings. The zero-order valence-electron chi connectivity index (χ0n) is 18.1. The second-order valence-corrected chi connectivity index (χ2v) is 9.32. The Bertz CT molecular complexity index is 1250. The van der Waals surface area contributed by atoms with E-state index in [0.29, 0.717) is 22.8 Å². The van der Waals surface area contributed by atoms with Crippen LogP contribution in [0.25, 0.3) is 11.3 Å². The Morgan fingerprint density at radius 2 is 1.64 bits per heavy atom. The highest BCUT2D eigenvalue weighted by atomic mass is 32.2. The molecule has 0 saturated carbocycles. The topological polar surface area (TPSA) is 105 Å². The van der Waals surface area contributed by atoms with Crippen molar-refractivity contribution in [2.75, 3.05) is 40.4 Å². The molecule has 1 saturated heterocycles. The lowest BCUT2D eigenvalue weighted by atomic mass is 10.1. The number of ether oxygens (including phenoxy) is 2. The highest BCUT2D eigenvalue weighted by molar-refractivity contribution is 7.89. The van der Waals surface area contributed by atoms with Gasteiger partial charge in [-0.1, -0.05) is 0 Å². The first-order chi connectivity index (χ1) is 15.8. The van der Waals surface area contributed by atoms with Gasteiger partial charge < -0.3 is 14.4 Å². The Balaban J connectivity index is 1.43. The van der Waals surface area contributed by atoms with Crippen LogP contribution in [0.1, 0.15) is 10.5 Å². The molecule has 1 aliphatic heterocycles. The summed E-state index contributed by atoms with van der Waals surface area (Å²) in [5.41, 5.74) is 1.48. The average Bonchev–Trinajstić information content (AvgIpc) is 3.34. The van der Waals surface area contributed by atoms with E-state index in [2.05, 4.69) is 10.2 Å². The van der Waals surface area contributed by atoms with Crippen molar-refractivity contribution in [3.05, 3.63) is 60.0 Å². The van der Waals surface area contributed by atoms with Crippen molar-refractivity contribution in [2.24, 2.45) is 0 Å². The lowest BCUT2D eigenvalue weighted by Gasteiger charge is -2.33. The Labute approximate surface area is 190 Å². The van der Waals surface area contributed by atoms with Crippen LogP contribution >= 0.6 is 0 Å². The minimum absolute atomic E-state index is 0.0948. The molecule has 9 nitrogen and oxygen atoms in total. The maximum Gasteiger partial charge on any atom is 0.271 e. The standard InChI is InChI=1S/C22H23FN4O5S/c1-31-20-8-7-17(13-21(20)32-2)33(29,30)27-11-9-26(10-12-27)22(28)19-14-18(24-25-19)15-3-5-16(23)6-4-15/h3-8,13-14H,9-12H2,1-2H3,(H,24,25). The van der Waals surface area contributed by atoms with E-state index >= 15 is 0 Å². The molecule has 1 amide bonds. The number of H-pyrrole nitrogens is 1. The number of aromatic nitrogens is 2. The Morgan fingerprint density at radius 1 is 0.970 bits per heavy atom. The fourth-order valence-electron chi connectivity index (χ4n) is 3.63. The second-order valence-electron chi connectivity index (χ2n) is 7.39. The zero-order valence-corrected chi connectivity index (χ0v) is 18.9. The highest BCUT2D eigenvalue weighted by Crippen LogP contribution is 2.31. The molecule has 33 heavy (non-hydrogen) atoms. The number of hydrogen-bond acceptors (Lipinski definition) is 6. The zero-order chi connectivity index (χ0) is 23.6. The van der Waals surface area contributed by atoms with E-state index in [1.165, 1.54) is 42.8 Å². The summed E-state index contributed by atoms with van der Waals surface area (Å²) in [4.78, 5) is 14.5. The molecule has 4 rings (SSSR count). The molecular formula is C22H23FN4O5S. The predicted molar refractivity (Wildman–Crippen MR) is 118 cm³/mol. The Kier molecular flexibility index (Phi) is 6.34. The molecule has 0 unspecified atom stereocenters. The molecule has 174 valence electrons. The maximum absolute atomic E-state index is 13.1. The van der Waals surface area contributed by atoms with Gasteiger partial charge in [-0.3, -0.25) is 9.89 Å². The highest BCUT2D eigenvalue weighted by Gasteiger charge is 2.31. The van der Waals surface area contributed by atoms with Gasteiger partial charge in [0.05, 0.1) is 24.8 Å². The summed E-state index contributed by atoms with van der Waals surface area (Å²) in [5, 5.41) is 6.85. The van der Waals surface area contributed by atoms with Crippen LogP contribution in [0, 0.1) is 5.82 Å². The van der Waals surface area contributed by atoms with Crippen molar-refractivity contribution in [3.63, 3.8) is 0 Å². The summed E-state index contributed by atoms with van der Waals surface area (Å²) in [6, 6.07) is 11.8. The molecule has 2 aromatic carbocycles. The quantitative estimate of drug-likeness (QED) is 0.588. The largest absolute Gasteiger partial charge is 0.493 e. The summed E-state index contributed by atoms with van der Waals surface area (Å²) >= 11 is 0. The molecule has 1 aliphatic rings. The van der Waals surface area contributed by atoms with Gasteiger partial charge in [0.25, 0.3) is 5.91 Å². The lowest BCUT2D eigenvalue weighted by Crippen LogP contribution is -2.50. The number of halogens is 1. The number of benzene rings is 2. The Hall–Kier alpha value is -3.44. The molecule has 0 atom stereocenters. The van der Waals surface area contributed by atoms with Crippen LogP contribution in [-0.4, -0.2) is 74.1 Å². The van der Waals surface area contributed by atoms with Crippen LogP contribution in [0.3, 0.4) is 0 Å². The molecule has 0 radical (unpaired) electrons. The first-order valence-electron chi connectivity index (χ1n) is 10.2. The van der Waals surface area contributed by atoms with Gasteiger partial charge in [-0.05, 0) is 42.5 Å². The predicted octanol–water partition coefficient (Wildman–Crippen LogP) is 2.38. The lowest BCUT2D eigenvalue weighted by molar-refractivity contribution is 0.0692. The average molecular weight is 475 g/mol. The van der Waals surface area contributed by atoms with Crippen molar-refractivity contribution in [1.29, 1.82) is 0 Å². The van der Waals surface area contributed by atoms with Crippen LogP contribution < -0.4 is 9.47 Å². The van der Waals surface area contributed by atoms with Crippen LogP contribution in [0.5, 0.6) is 11.5 Å². The third-order valence-electron chi connectivity index (χ3n) is 5.47. The van der Waals surface area contributed by atoms with E-state index in [4.69, 9.17) is 9.47 Å². The van der Waals surface area contributed by atoms with E-state index in [9.17, 15) is 17.6 Å². The molecule has 3 aromatic rings. The number of sulfonamides is 1. The third-order valence-corrected chi connectivity index (χ3v) is 7.36. The summed E-state index contributed by atoms with van der Waals surface area (Å²) in [7, 11) is -0.843. The molecule has 1 N–H and O–H groups in total. The molecule has 0 bridgehead atoms. The van der Waals surface area contributed by atoms with Crippen molar-refractivity contribution >= 4 is 15.9 Å². The number of piperazine rings is 1. The minimum atomic E-state index is -3.76. The fourth-order valence-corrected chi connectivity index (χ4v) is 5.07. The number of carbonyl (C=O) groups excluding carboxylic acids is 1. The van der Waals surface area contributed by atoms with Gasteiger partial charge in [0.1, 0.15) is 11.5 Å². The normalized spacial score (nSPS) is 14.8. The number of aromatic amines is 1.